The molecule has 1 atom stereocenters. The molecular formula is C18H21N5O2. The SMILES string of the molecule is COc1ccc(OC)c(C(C)c2cnc3nc(N)nc(N)c3c2C)c1. The van der Waals surface area contributed by atoms with Crippen molar-refractivity contribution in [3.05, 3.63) is 41.1 Å². The number of methoxy groups -OCH3 is 2. The Bertz CT molecular complexity index is 942. The van der Waals surface area contributed by atoms with Gasteiger partial charge in [0.1, 0.15) is 17.3 Å². The molecule has 1 unspecified atom stereocenters. The maximum absolute atomic E-state index is 6.05. The number of nitrogens with two attached hydrogens (primary N) is 2. The minimum Gasteiger partial charge on any atom is -0.497 e. The molecule has 0 fully saturated rings. The number of fused-ring (bicyclic) bond motifs is 1. The molecule has 0 saturated carbocycles. The van der Waals surface area contributed by atoms with Gasteiger partial charge >= 0.3 is 0 Å². The van der Waals surface area contributed by atoms with Crippen molar-refractivity contribution in [2.75, 3.05) is 25.7 Å². The summed E-state index contributed by atoms with van der Waals surface area (Å²) in [6, 6.07) is 5.73. The standard InChI is InChI=1S/C18H21N5O2/c1-9(12-7-11(24-3)5-6-14(12)25-4)13-8-21-17-15(10(13)2)16(19)22-18(20)23-17/h5-9H,1-4H3,(H4,19,20,21,22,23). The van der Waals surface area contributed by atoms with Gasteiger partial charge in [-0.25, -0.2) is 4.98 Å². The van der Waals surface area contributed by atoms with Crippen LogP contribution in [0.25, 0.3) is 11.0 Å². The van der Waals surface area contributed by atoms with Crippen LogP contribution >= 0.6 is 0 Å². The Balaban J connectivity index is 2.18. The van der Waals surface area contributed by atoms with Gasteiger partial charge < -0.3 is 20.9 Å². The number of pyridine rings is 1. The van der Waals surface area contributed by atoms with Crippen molar-refractivity contribution in [3.8, 4) is 11.5 Å². The Kier molecular flexibility index (Phi) is 4.31. The average Bonchev–Trinajstić information content (AvgIpc) is 2.60. The molecular weight excluding hydrogens is 318 g/mol. The van der Waals surface area contributed by atoms with Gasteiger partial charge in [-0.15, -0.1) is 0 Å². The number of nitrogen functional groups attached to an aromatic ring is 2. The second-order valence-corrected chi connectivity index (χ2v) is 5.83. The number of ether oxygens (including phenoxy) is 2. The highest BCUT2D eigenvalue weighted by Crippen LogP contribution is 2.37. The summed E-state index contributed by atoms with van der Waals surface area (Å²) in [6.45, 7) is 4.07. The lowest BCUT2D eigenvalue weighted by Gasteiger charge is -2.19. The van der Waals surface area contributed by atoms with Gasteiger partial charge in [0.05, 0.1) is 19.6 Å². The van der Waals surface area contributed by atoms with Crippen molar-refractivity contribution < 1.29 is 9.47 Å². The first kappa shape index (κ1) is 16.8. The molecule has 0 saturated heterocycles. The fourth-order valence-corrected chi connectivity index (χ4v) is 3.09. The predicted octanol–water partition coefficient (Wildman–Crippen LogP) is 2.67. The molecule has 4 N–H and O–H groups in total. The van der Waals surface area contributed by atoms with E-state index in [2.05, 4.69) is 21.9 Å². The van der Waals surface area contributed by atoms with Gasteiger partial charge in [0.15, 0.2) is 5.65 Å². The van der Waals surface area contributed by atoms with Crippen molar-refractivity contribution in [1.82, 2.24) is 15.0 Å². The zero-order chi connectivity index (χ0) is 18.1. The van der Waals surface area contributed by atoms with Gasteiger partial charge in [-0.05, 0) is 36.2 Å². The van der Waals surface area contributed by atoms with E-state index in [9.17, 15) is 0 Å². The smallest absolute Gasteiger partial charge is 0.224 e. The Hall–Kier alpha value is -3.09. The Morgan fingerprint density at radius 1 is 1.04 bits per heavy atom. The van der Waals surface area contributed by atoms with Crippen LogP contribution in [0.3, 0.4) is 0 Å². The summed E-state index contributed by atoms with van der Waals surface area (Å²) in [5.41, 5.74) is 15.2. The highest BCUT2D eigenvalue weighted by molar-refractivity contribution is 5.90. The molecule has 25 heavy (non-hydrogen) atoms. The summed E-state index contributed by atoms with van der Waals surface area (Å²) in [4.78, 5) is 12.6. The van der Waals surface area contributed by atoms with Crippen LogP contribution in [0.1, 0.15) is 29.5 Å². The van der Waals surface area contributed by atoms with Crippen molar-refractivity contribution >= 4 is 22.8 Å². The van der Waals surface area contributed by atoms with Crippen LogP contribution in [0, 0.1) is 6.92 Å². The summed E-state index contributed by atoms with van der Waals surface area (Å²) < 4.78 is 10.9. The first-order valence-electron chi connectivity index (χ1n) is 7.86. The highest BCUT2D eigenvalue weighted by Gasteiger charge is 2.20. The lowest BCUT2D eigenvalue weighted by atomic mass is 9.89. The van der Waals surface area contributed by atoms with E-state index in [4.69, 9.17) is 20.9 Å². The molecule has 2 heterocycles. The normalized spacial score (nSPS) is 12.2. The van der Waals surface area contributed by atoms with Gasteiger partial charge in [0.2, 0.25) is 5.95 Å². The first-order valence-corrected chi connectivity index (χ1v) is 7.86. The number of benzene rings is 1. The topological polar surface area (TPSA) is 109 Å². The molecule has 7 heteroatoms. The number of aromatic nitrogens is 3. The maximum Gasteiger partial charge on any atom is 0.224 e. The Labute approximate surface area is 146 Å². The van der Waals surface area contributed by atoms with E-state index in [0.717, 1.165) is 33.6 Å². The summed E-state index contributed by atoms with van der Waals surface area (Å²) >= 11 is 0. The molecule has 3 rings (SSSR count). The fraction of sp³-hybridized carbons (Fsp3) is 0.278. The molecule has 0 aliphatic heterocycles. The number of aryl methyl sites for hydroxylation is 1. The molecule has 2 aromatic heterocycles. The molecule has 130 valence electrons. The zero-order valence-electron chi connectivity index (χ0n) is 14.7. The van der Waals surface area contributed by atoms with E-state index in [1.807, 2.05) is 25.1 Å². The molecule has 0 amide bonds. The van der Waals surface area contributed by atoms with Gasteiger partial charge in [-0.1, -0.05) is 6.92 Å². The Morgan fingerprint density at radius 2 is 1.80 bits per heavy atom. The summed E-state index contributed by atoms with van der Waals surface area (Å²) in [7, 11) is 3.29. The van der Waals surface area contributed by atoms with Crippen LogP contribution in [0.5, 0.6) is 11.5 Å². The van der Waals surface area contributed by atoms with Gasteiger partial charge in [-0.3, -0.25) is 0 Å². The van der Waals surface area contributed by atoms with E-state index in [0.29, 0.717) is 11.5 Å². The molecule has 7 nitrogen and oxygen atoms in total. The first-order chi connectivity index (χ1) is 12.0. The third kappa shape index (κ3) is 2.88. The zero-order valence-corrected chi connectivity index (χ0v) is 14.7. The number of anilines is 2. The third-order valence-electron chi connectivity index (χ3n) is 4.44. The van der Waals surface area contributed by atoms with Gasteiger partial charge in [0.25, 0.3) is 0 Å². The number of rotatable bonds is 4. The number of hydrogen-bond acceptors (Lipinski definition) is 7. The quantitative estimate of drug-likeness (QED) is 0.752. The van der Waals surface area contributed by atoms with Gasteiger partial charge in [0, 0.05) is 17.7 Å². The Morgan fingerprint density at radius 3 is 2.48 bits per heavy atom. The van der Waals surface area contributed by atoms with E-state index in [1.165, 1.54) is 0 Å². The lowest BCUT2D eigenvalue weighted by molar-refractivity contribution is 0.397. The van der Waals surface area contributed by atoms with E-state index >= 15 is 0 Å². The lowest BCUT2D eigenvalue weighted by Crippen LogP contribution is -2.07. The van der Waals surface area contributed by atoms with Crippen LogP contribution in [0.4, 0.5) is 11.8 Å². The van der Waals surface area contributed by atoms with Crippen LogP contribution in [-0.4, -0.2) is 29.2 Å². The van der Waals surface area contributed by atoms with E-state index in [-0.39, 0.29) is 11.9 Å². The molecule has 1 aromatic carbocycles. The van der Waals surface area contributed by atoms with Crippen molar-refractivity contribution in [3.63, 3.8) is 0 Å². The average molecular weight is 339 g/mol. The maximum atomic E-state index is 6.05. The van der Waals surface area contributed by atoms with Crippen molar-refractivity contribution in [1.29, 1.82) is 0 Å². The number of nitrogens with zero attached hydrogens (tertiary/aromatic N) is 3. The van der Waals surface area contributed by atoms with E-state index in [1.54, 1.807) is 20.4 Å². The minimum atomic E-state index is 0.0129. The van der Waals surface area contributed by atoms with Crippen molar-refractivity contribution in [2.24, 2.45) is 0 Å². The van der Waals surface area contributed by atoms with Crippen LogP contribution in [0.2, 0.25) is 0 Å². The van der Waals surface area contributed by atoms with E-state index < -0.39 is 0 Å². The largest absolute Gasteiger partial charge is 0.497 e. The van der Waals surface area contributed by atoms with Crippen molar-refractivity contribution in [2.45, 2.75) is 19.8 Å². The molecule has 0 aliphatic carbocycles. The monoisotopic (exact) mass is 339 g/mol. The van der Waals surface area contributed by atoms with Crippen LogP contribution < -0.4 is 20.9 Å². The number of hydrogen-bond donors (Lipinski definition) is 2. The summed E-state index contributed by atoms with van der Waals surface area (Å²) in [6.07, 6.45) is 1.80. The second kappa shape index (κ2) is 6.43. The third-order valence-corrected chi connectivity index (χ3v) is 4.44. The molecule has 3 aromatic rings. The second-order valence-electron chi connectivity index (χ2n) is 5.83. The predicted molar refractivity (Wildman–Crippen MR) is 98.0 cm³/mol. The summed E-state index contributed by atoms with van der Waals surface area (Å²) in [5.74, 6) is 2.02. The van der Waals surface area contributed by atoms with Crippen LogP contribution in [-0.2, 0) is 0 Å². The van der Waals surface area contributed by atoms with Gasteiger partial charge in [-0.2, -0.15) is 9.97 Å². The highest BCUT2D eigenvalue weighted by atomic mass is 16.5. The molecule has 0 aliphatic rings. The van der Waals surface area contributed by atoms with Crippen LogP contribution in [0.15, 0.2) is 24.4 Å². The summed E-state index contributed by atoms with van der Waals surface area (Å²) in [5, 5.41) is 0.723. The minimum absolute atomic E-state index is 0.0129. The molecule has 0 spiro atoms. The fourth-order valence-electron chi connectivity index (χ4n) is 3.09. The molecule has 0 bridgehead atoms. The molecule has 0 radical (unpaired) electrons.